The molecule has 2 aromatic rings. The normalized spacial score (nSPS) is 11.3. The Labute approximate surface area is 119 Å². The molecule has 1 aromatic carbocycles. The molecule has 0 saturated carbocycles. The summed E-state index contributed by atoms with van der Waals surface area (Å²) >= 11 is 0. The Kier molecular flexibility index (Phi) is 4.66. The molecule has 3 heteroatoms. The minimum atomic E-state index is 0.780. The topological polar surface area (TPSA) is 62.8 Å². The number of hydrogen-bond acceptors (Lipinski definition) is 3. The molecule has 1 heterocycles. The molecule has 0 unspecified atom stereocenters. The van der Waals surface area contributed by atoms with Crippen LogP contribution >= 0.6 is 0 Å². The molecule has 1 aromatic heterocycles. The van der Waals surface area contributed by atoms with Crippen LogP contribution in [-0.4, -0.2) is 11.2 Å². The van der Waals surface area contributed by atoms with Crippen LogP contribution in [0, 0.1) is 5.41 Å². The van der Waals surface area contributed by atoms with Crippen LogP contribution in [-0.2, 0) is 6.42 Å². The van der Waals surface area contributed by atoms with Crippen molar-refractivity contribution in [3.8, 4) is 0 Å². The lowest BCUT2D eigenvalue weighted by Gasteiger charge is -2.06. The number of aromatic nitrogens is 1. The van der Waals surface area contributed by atoms with Gasteiger partial charge in [-0.2, -0.15) is 0 Å². The summed E-state index contributed by atoms with van der Waals surface area (Å²) in [6, 6.07) is 11.9. The average molecular weight is 265 g/mol. The van der Waals surface area contributed by atoms with Crippen LogP contribution < -0.4 is 5.73 Å². The van der Waals surface area contributed by atoms with Gasteiger partial charge in [0, 0.05) is 23.7 Å². The number of benzene rings is 1. The van der Waals surface area contributed by atoms with Crippen molar-refractivity contribution < 1.29 is 0 Å². The Bertz CT molecular complexity index is 630. The fourth-order valence-electron chi connectivity index (χ4n) is 2.14. The second kappa shape index (κ2) is 6.66. The highest BCUT2D eigenvalue weighted by Crippen LogP contribution is 2.16. The third-order valence-electron chi connectivity index (χ3n) is 3.06. The summed E-state index contributed by atoms with van der Waals surface area (Å²) in [5.41, 5.74) is 10.6. The van der Waals surface area contributed by atoms with Crippen LogP contribution in [0.1, 0.15) is 30.2 Å². The first-order chi connectivity index (χ1) is 9.72. The molecule has 3 nitrogen and oxygen atoms in total. The van der Waals surface area contributed by atoms with Crippen LogP contribution in [0.5, 0.6) is 0 Å². The van der Waals surface area contributed by atoms with Crippen molar-refractivity contribution in [1.82, 2.24) is 4.98 Å². The molecule has 0 spiro atoms. The van der Waals surface area contributed by atoms with E-state index in [1.54, 1.807) is 6.20 Å². The molecule has 0 atom stereocenters. The molecule has 20 heavy (non-hydrogen) atoms. The summed E-state index contributed by atoms with van der Waals surface area (Å²) in [7, 11) is 0. The van der Waals surface area contributed by atoms with E-state index in [-0.39, 0.29) is 0 Å². The van der Waals surface area contributed by atoms with Crippen LogP contribution in [0.2, 0.25) is 0 Å². The monoisotopic (exact) mass is 265 g/mol. The third-order valence-corrected chi connectivity index (χ3v) is 3.06. The number of rotatable bonds is 5. The fraction of sp³-hybridized carbons (Fsp3) is 0.176. The standard InChI is InChI=1S/C17H19N3/c1-2-4-15(12-18)17-11-14(7-8-20-17)9-13-5-3-6-16(19)10-13/h3-8,10-12,18H,2,9,19H2,1H3/b15-4+,18-12?. The molecule has 0 amide bonds. The summed E-state index contributed by atoms with van der Waals surface area (Å²) in [4.78, 5) is 4.34. The molecule has 3 N–H and O–H groups in total. The van der Waals surface area contributed by atoms with E-state index in [4.69, 9.17) is 11.1 Å². The van der Waals surface area contributed by atoms with Gasteiger partial charge in [0.2, 0.25) is 0 Å². The number of nitrogen functional groups attached to an aromatic ring is 1. The zero-order valence-corrected chi connectivity index (χ0v) is 11.6. The largest absolute Gasteiger partial charge is 0.399 e. The highest BCUT2D eigenvalue weighted by atomic mass is 14.7. The van der Waals surface area contributed by atoms with Gasteiger partial charge in [-0.05, 0) is 48.2 Å². The number of nitrogens with zero attached hydrogens (tertiary/aromatic N) is 1. The van der Waals surface area contributed by atoms with Gasteiger partial charge in [-0.3, -0.25) is 4.98 Å². The van der Waals surface area contributed by atoms with Crippen LogP contribution in [0.25, 0.3) is 5.57 Å². The Morgan fingerprint density at radius 2 is 2.05 bits per heavy atom. The van der Waals surface area contributed by atoms with Crippen molar-refractivity contribution in [2.24, 2.45) is 0 Å². The maximum Gasteiger partial charge on any atom is 0.0716 e. The number of allylic oxidation sites excluding steroid dienone is 2. The van der Waals surface area contributed by atoms with Crippen molar-refractivity contribution >= 4 is 17.5 Å². The van der Waals surface area contributed by atoms with E-state index in [0.29, 0.717) is 0 Å². The SMILES string of the molecule is CC/C=C(\C=N)c1cc(Cc2cccc(N)c2)ccn1. The smallest absolute Gasteiger partial charge is 0.0716 e. The van der Waals surface area contributed by atoms with Gasteiger partial charge in [0.05, 0.1) is 5.69 Å². The Morgan fingerprint density at radius 1 is 1.25 bits per heavy atom. The molecular formula is C17H19N3. The first kappa shape index (κ1) is 14.0. The third kappa shape index (κ3) is 3.54. The van der Waals surface area contributed by atoms with Gasteiger partial charge in [-0.25, -0.2) is 0 Å². The fourth-order valence-corrected chi connectivity index (χ4v) is 2.14. The first-order valence-corrected chi connectivity index (χ1v) is 6.73. The summed E-state index contributed by atoms with van der Waals surface area (Å²) in [5.74, 6) is 0. The lowest BCUT2D eigenvalue weighted by Crippen LogP contribution is -1.95. The van der Waals surface area contributed by atoms with Crippen molar-refractivity contribution in [2.45, 2.75) is 19.8 Å². The average Bonchev–Trinajstić information content (AvgIpc) is 2.45. The van der Waals surface area contributed by atoms with Gasteiger partial charge in [-0.15, -0.1) is 0 Å². The van der Waals surface area contributed by atoms with E-state index in [1.807, 2.05) is 36.4 Å². The molecule has 0 aliphatic carbocycles. The lowest BCUT2D eigenvalue weighted by atomic mass is 10.0. The molecule has 0 radical (unpaired) electrons. The summed E-state index contributed by atoms with van der Waals surface area (Å²) < 4.78 is 0. The van der Waals surface area contributed by atoms with E-state index >= 15 is 0 Å². The predicted molar refractivity (Wildman–Crippen MR) is 84.9 cm³/mol. The highest BCUT2D eigenvalue weighted by Gasteiger charge is 2.03. The van der Waals surface area contributed by atoms with E-state index in [2.05, 4.69) is 18.0 Å². The van der Waals surface area contributed by atoms with Gasteiger partial charge in [0.25, 0.3) is 0 Å². The maximum atomic E-state index is 7.47. The zero-order chi connectivity index (χ0) is 14.4. The van der Waals surface area contributed by atoms with Gasteiger partial charge in [0.1, 0.15) is 0 Å². The highest BCUT2D eigenvalue weighted by molar-refractivity contribution is 6.07. The van der Waals surface area contributed by atoms with E-state index in [0.717, 1.165) is 29.8 Å². The first-order valence-electron chi connectivity index (χ1n) is 6.73. The Balaban J connectivity index is 2.26. The summed E-state index contributed by atoms with van der Waals surface area (Å²) in [6.45, 7) is 2.06. The second-order valence-electron chi connectivity index (χ2n) is 4.68. The number of nitrogens with one attached hydrogen (secondary N) is 1. The molecule has 0 bridgehead atoms. The van der Waals surface area contributed by atoms with E-state index in [1.165, 1.54) is 17.3 Å². The molecule has 0 aliphatic heterocycles. The van der Waals surface area contributed by atoms with Gasteiger partial charge >= 0.3 is 0 Å². The van der Waals surface area contributed by atoms with Crippen molar-refractivity contribution in [3.05, 3.63) is 65.5 Å². The van der Waals surface area contributed by atoms with Crippen LogP contribution in [0.15, 0.2) is 48.7 Å². The van der Waals surface area contributed by atoms with Crippen molar-refractivity contribution in [1.29, 1.82) is 5.41 Å². The predicted octanol–water partition coefficient (Wildman–Crippen LogP) is 3.70. The van der Waals surface area contributed by atoms with E-state index < -0.39 is 0 Å². The zero-order valence-electron chi connectivity index (χ0n) is 11.6. The second-order valence-corrected chi connectivity index (χ2v) is 4.68. The van der Waals surface area contributed by atoms with Gasteiger partial charge in [0.15, 0.2) is 0 Å². The molecule has 102 valence electrons. The van der Waals surface area contributed by atoms with Crippen LogP contribution in [0.3, 0.4) is 0 Å². The summed E-state index contributed by atoms with van der Waals surface area (Å²) in [6.07, 6.45) is 6.88. The lowest BCUT2D eigenvalue weighted by molar-refractivity contribution is 1.15. The quantitative estimate of drug-likeness (QED) is 0.639. The molecule has 0 fully saturated rings. The molecule has 2 rings (SSSR count). The van der Waals surface area contributed by atoms with Gasteiger partial charge < -0.3 is 11.1 Å². The number of hydrogen-bond donors (Lipinski definition) is 2. The Morgan fingerprint density at radius 3 is 2.75 bits per heavy atom. The molecule has 0 aliphatic rings. The maximum absolute atomic E-state index is 7.47. The minimum Gasteiger partial charge on any atom is -0.399 e. The van der Waals surface area contributed by atoms with Gasteiger partial charge in [-0.1, -0.05) is 25.1 Å². The van der Waals surface area contributed by atoms with Crippen molar-refractivity contribution in [2.75, 3.05) is 5.73 Å². The number of anilines is 1. The van der Waals surface area contributed by atoms with E-state index in [9.17, 15) is 0 Å². The Hall–Kier alpha value is -2.42. The minimum absolute atomic E-state index is 0.780. The molecule has 0 saturated heterocycles. The number of pyridine rings is 1. The molecular weight excluding hydrogens is 246 g/mol. The summed E-state index contributed by atoms with van der Waals surface area (Å²) in [5, 5.41) is 7.47. The van der Waals surface area contributed by atoms with Crippen molar-refractivity contribution in [3.63, 3.8) is 0 Å². The number of nitrogens with two attached hydrogens (primary N) is 1. The van der Waals surface area contributed by atoms with Crippen LogP contribution in [0.4, 0.5) is 5.69 Å².